The summed E-state index contributed by atoms with van der Waals surface area (Å²) in [5.41, 5.74) is 1.99. The molecule has 94 valence electrons. The SMILES string of the molecule is Cc1ccc(C2CCOC2(C)S(=O)(=O)O)cc1. The van der Waals surface area contributed by atoms with Crippen molar-refractivity contribution in [2.24, 2.45) is 0 Å². The molecule has 2 rings (SSSR count). The number of benzene rings is 1. The highest BCUT2D eigenvalue weighted by atomic mass is 32.2. The second-order valence-electron chi connectivity index (χ2n) is 4.59. The molecule has 2 atom stereocenters. The lowest BCUT2D eigenvalue weighted by Gasteiger charge is -2.27. The maximum absolute atomic E-state index is 11.4. The minimum Gasteiger partial charge on any atom is -0.356 e. The fourth-order valence-electron chi connectivity index (χ4n) is 2.26. The Balaban J connectivity index is 2.42. The molecule has 2 unspecified atom stereocenters. The van der Waals surface area contributed by atoms with Gasteiger partial charge in [-0.25, -0.2) is 0 Å². The number of aryl methyl sites for hydroxylation is 1. The summed E-state index contributed by atoms with van der Waals surface area (Å²) in [6, 6.07) is 7.63. The molecule has 5 heteroatoms. The van der Waals surface area contributed by atoms with E-state index in [0.29, 0.717) is 13.0 Å². The third kappa shape index (κ3) is 2.10. The Hall–Kier alpha value is -0.910. The third-order valence-electron chi connectivity index (χ3n) is 3.42. The standard InChI is InChI=1S/C12H16O4S/c1-9-3-5-10(6-4-9)11-7-8-16-12(11,2)17(13,14)15/h3-6,11H,7-8H2,1-2H3,(H,13,14,15). The minimum atomic E-state index is -4.23. The molecule has 17 heavy (non-hydrogen) atoms. The van der Waals surface area contributed by atoms with Gasteiger partial charge in [0, 0.05) is 12.5 Å². The molecule has 0 spiro atoms. The van der Waals surface area contributed by atoms with Crippen LogP contribution in [0.4, 0.5) is 0 Å². The molecule has 1 fully saturated rings. The van der Waals surface area contributed by atoms with Crippen LogP contribution in [0.2, 0.25) is 0 Å². The van der Waals surface area contributed by atoms with Crippen LogP contribution in [0.15, 0.2) is 24.3 Å². The summed E-state index contributed by atoms with van der Waals surface area (Å²) in [5, 5.41) is 0. The monoisotopic (exact) mass is 256 g/mol. The highest BCUT2D eigenvalue weighted by Gasteiger charge is 2.50. The van der Waals surface area contributed by atoms with E-state index < -0.39 is 15.1 Å². The van der Waals surface area contributed by atoms with Gasteiger partial charge in [0.25, 0.3) is 10.1 Å². The summed E-state index contributed by atoms with van der Waals surface area (Å²) in [4.78, 5) is -1.53. The second-order valence-corrected chi connectivity index (χ2v) is 6.35. The van der Waals surface area contributed by atoms with Gasteiger partial charge in [0.05, 0.1) is 0 Å². The molecule has 4 nitrogen and oxygen atoms in total. The smallest absolute Gasteiger partial charge is 0.295 e. The van der Waals surface area contributed by atoms with Crippen LogP contribution in [0.5, 0.6) is 0 Å². The average molecular weight is 256 g/mol. The molecule has 0 aliphatic carbocycles. The van der Waals surface area contributed by atoms with Crippen LogP contribution in [0, 0.1) is 6.92 Å². The van der Waals surface area contributed by atoms with Crippen molar-refractivity contribution in [2.75, 3.05) is 6.61 Å². The van der Waals surface area contributed by atoms with Crippen LogP contribution < -0.4 is 0 Å². The zero-order valence-electron chi connectivity index (χ0n) is 9.88. The fraction of sp³-hybridized carbons (Fsp3) is 0.500. The number of hydrogen-bond acceptors (Lipinski definition) is 3. The summed E-state index contributed by atoms with van der Waals surface area (Å²) in [7, 11) is -4.23. The first-order valence-corrected chi connectivity index (χ1v) is 6.96. The molecule has 0 radical (unpaired) electrons. The molecule has 1 N–H and O–H groups in total. The van der Waals surface area contributed by atoms with Gasteiger partial charge in [-0.2, -0.15) is 8.42 Å². The molecule has 1 saturated heterocycles. The lowest BCUT2D eigenvalue weighted by atomic mass is 9.92. The van der Waals surface area contributed by atoms with Crippen molar-refractivity contribution in [1.29, 1.82) is 0 Å². The Labute approximate surface area is 101 Å². The summed E-state index contributed by atoms with van der Waals surface area (Å²) in [6.45, 7) is 3.74. The number of rotatable bonds is 2. The van der Waals surface area contributed by atoms with Crippen LogP contribution in [-0.2, 0) is 14.9 Å². The van der Waals surface area contributed by atoms with Crippen molar-refractivity contribution in [3.8, 4) is 0 Å². The zero-order chi connectivity index (χ0) is 12.7. The fourth-order valence-corrected chi connectivity index (χ4v) is 3.11. The summed E-state index contributed by atoms with van der Waals surface area (Å²) in [5.74, 6) is -0.321. The molecule has 1 heterocycles. The van der Waals surface area contributed by atoms with Gasteiger partial charge in [-0.05, 0) is 25.8 Å². The predicted octanol–water partition coefficient (Wildman–Crippen LogP) is 2.10. The van der Waals surface area contributed by atoms with Gasteiger partial charge in [-0.3, -0.25) is 4.55 Å². The Morgan fingerprint density at radius 2 is 1.94 bits per heavy atom. The van der Waals surface area contributed by atoms with Gasteiger partial charge >= 0.3 is 0 Å². The molecule has 0 amide bonds. The lowest BCUT2D eigenvalue weighted by Crippen LogP contribution is -2.39. The van der Waals surface area contributed by atoms with E-state index in [1.54, 1.807) is 0 Å². The van der Waals surface area contributed by atoms with Crippen LogP contribution in [0.25, 0.3) is 0 Å². The Morgan fingerprint density at radius 1 is 1.35 bits per heavy atom. The van der Waals surface area contributed by atoms with Crippen molar-refractivity contribution >= 4 is 10.1 Å². The molecule has 0 saturated carbocycles. The first kappa shape index (κ1) is 12.5. The van der Waals surface area contributed by atoms with E-state index in [4.69, 9.17) is 4.74 Å². The van der Waals surface area contributed by atoms with Gasteiger partial charge < -0.3 is 4.74 Å². The van der Waals surface area contributed by atoms with E-state index in [0.717, 1.165) is 11.1 Å². The van der Waals surface area contributed by atoms with Crippen LogP contribution >= 0.6 is 0 Å². The highest BCUT2D eigenvalue weighted by molar-refractivity contribution is 7.87. The first-order chi connectivity index (χ1) is 7.84. The third-order valence-corrected chi connectivity index (χ3v) is 4.85. The summed E-state index contributed by atoms with van der Waals surface area (Å²) >= 11 is 0. The highest BCUT2D eigenvalue weighted by Crippen LogP contribution is 2.42. The normalized spacial score (nSPS) is 29.5. The molecule has 0 bridgehead atoms. The predicted molar refractivity (Wildman–Crippen MR) is 64.4 cm³/mol. The van der Waals surface area contributed by atoms with Gasteiger partial charge in [-0.1, -0.05) is 29.8 Å². The summed E-state index contributed by atoms with van der Waals surface area (Å²) < 4.78 is 37.4. The largest absolute Gasteiger partial charge is 0.356 e. The molecular formula is C12H16O4S. The molecule has 1 aliphatic heterocycles. The Kier molecular flexibility index (Phi) is 3.01. The lowest BCUT2D eigenvalue weighted by molar-refractivity contribution is 0.0716. The maximum atomic E-state index is 11.4. The molecule has 1 aliphatic rings. The zero-order valence-corrected chi connectivity index (χ0v) is 10.7. The molecule has 1 aromatic carbocycles. The minimum absolute atomic E-state index is 0.321. The van der Waals surface area contributed by atoms with E-state index in [-0.39, 0.29) is 5.92 Å². The van der Waals surface area contributed by atoms with E-state index >= 15 is 0 Å². The van der Waals surface area contributed by atoms with E-state index in [1.165, 1.54) is 6.92 Å². The molecule has 0 aromatic heterocycles. The van der Waals surface area contributed by atoms with E-state index in [9.17, 15) is 13.0 Å². The summed E-state index contributed by atoms with van der Waals surface area (Å²) in [6.07, 6.45) is 0.597. The van der Waals surface area contributed by atoms with E-state index in [1.807, 2.05) is 31.2 Å². The first-order valence-electron chi connectivity index (χ1n) is 5.52. The van der Waals surface area contributed by atoms with Crippen LogP contribution in [-0.4, -0.2) is 24.5 Å². The van der Waals surface area contributed by atoms with E-state index in [2.05, 4.69) is 0 Å². The van der Waals surface area contributed by atoms with Gasteiger partial charge in [0.1, 0.15) is 0 Å². The van der Waals surface area contributed by atoms with Gasteiger partial charge in [0.15, 0.2) is 4.93 Å². The maximum Gasteiger partial charge on any atom is 0.295 e. The van der Waals surface area contributed by atoms with Crippen LogP contribution in [0.3, 0.4) is 0 Å². The Bertz CT molecular complexity index is 506. The Morgan fingerprint density at radius 3 is 2.47 bits per heavy atom. The number of hydrogen-bond donors (Lipinski definition) is 1. The van der Waals surface area contributed by atoms with Crippen molar-refractivity contribution in [2.45, 2.75) is 31.1 Å². The second kappa shape index (κ2) is 4.08. The van der Waals surface area contributed by atoms with Crippen LogP contribution in [0.1, 0.15) is 30.4 Å². The van der Waals surface area contributed by atoms with Crippen molar-refractivity contribution < 1.29 is 17.7 Å². The van der Waals surface area contributed by atoms with Gasteiger partial charge in [0.2, 0.25) is 0 Å². The van der Waals surface area contributed by atoms with Crippen molar-refractivity contribution in [3.63, 3.8) is 0 Å². The average Bonchev–Trinajstić information content (AvgIpc) is 2.62. The quantitative estimate of drug-likeness (QED) is 0.823. The van der Waals surface area contributed by atoms with Crippen molar-refractivity contribution in [3.05, 3.63) is 35.4 Å². The molecular weight excluding hydrogens is 240 g/mol. The molecule has 1 aromatic rings. The number of ether oxygens (including phenoxy) is 1. The topological polar surface area (TPSA) is 63.6 Å². The van der Waals surface area contributed by atoms with Crippen molar-refractivity contribution in [1.82, 2.24) is 0 Å². The van der Waals surface area contributed by atoms with Gasteiger partial charge in [-0.15, -0.1) is 0 Å².